The Labute approximate surface area is 109 Å². The Morgan fingerprint density at radius 1 is 1.44 bits per heavy atom. The molecule has 1 amide bonds. The Bertz CT molecular complexity index is 368. The first-order valence-corrected chi connectivity index (χ1v) is 6.78. The number of hydrogen-bond donors (Lipinski definition) is 1. The Kier molecular flexibility index (Phi) is 5.73. The van der Waals surface area contributed by atoms with Gasteiger partial charge in [0.25, 0.3) is 5.91 Å². The summed E-state index contributed by atoms with van der Waals surface area (Å²) in [5.74, 6) is -0.405. The molecule has 1 aromatic rings. The molecule has 0 atom stereocenters. The molecule has 0 aromatic heterocycles. The lowest BCUT2D eigenvalue weighted by molar-refractivity contribution is 0.0953. The number of alkyl halides is 1. The zero-order chi connectivity index (χ0) is 12.0. The zero-order valence-corrected chi connectivity index (χ0v) is 11.4. The van der Waals surface area contributed by atoms with Crippen LogP contribution in [0.5, 0.6) is 0 Å². The molecule has 0 unspecified atom stereocenters. The second kappa shape index (κ2) is 6.83. The van der Waals surface area contributed by atoms with Crippen LogP contribution in [-0.4, -0.2) is 16.9 Å². The summed E-state index contributed by atoms with van der Waals surface area (Å²) < 4.78 is 14.1. The molecule has 0 spiro atoms. The predicted molar refractivity (Wildman–Crippen MR) is 71.6 cm³/mol. The van der Waals surface area contributed by atoms with Crippen molar-refractivity contribution in [1.82, 2.24) is 5.32 Å². The smallest absolute Gasteiger partial charge is 0.251 e. The Morgan fingerprint density at radius 2 is 2.19 bits per heavy atom. The number of halogens is 2. The van der Waals surface area contributed by atoms with Gasteiger partial charge in [0.2, 0.25) is 0 Å². The number of benzene rings is 1. The van der Waals surface area contributed by atoms with Crippen molar-refractivity contribution in [2.45, 2.75) is 19.8 Å². The highest BCUT2D eigenvalue weighted by Crippen LogP contribution is 2.09. The molecular formula is C12H15FINO. The summed E-state index contributed by atoms with van der Waals surface area (Å²) in [6, 6.07) is 4.41. The average molecular weight is 335 g/mol. The lowest BCUT2D eigenvalue weighted by Gasteiger charge is -2.05. The summed E-state index contributed by atoms with van der Waals surface area (Å²) in [7, 11) is 0. The highest BCUT2D eigenvalue weighted by Gasteiger charge is 2.06. The largest absolute Gasteiger partial charge is 0.352 e. The maximum absolute atomic E-state index is 13.0. The topological polar surface area (TPSA) is 29.1 Å². The van der Waals surface area contributed by atoms with Gasteiger partial charge < -0.3 is 5.32 Å². The summed E-state index contributed by atoms with van der Waals surface area (Å²) in [6.07, 6.45) is 2.08. The quantitative estimate of drug-likeness (QED) is 0.500. The van der Waals surface area contributed by atoms with E-state index >= 15 is 0 Å². The van der Waals surface area contributed by atoms with Gasteiger partial charge in [-0.25, -0.2) is 4.39 Å². The van der Waals surface area contributed by atoms with Crippen LogP contribution < -0.4 is 5.32 Å². The second-order valence-electron chi connectivity index (χ2n) is 3.62. The maximum atomic E-state index is 13.0. The fraction of sp³-hybridized carbons (Fsp3) is 0.417. The van der Waals surface area contributed by atoms with Gasteiger partial charge in [0, 0.05) is 12.1 Å². The number of hydrogen-bond acceptors (Lipinski definition) is 1. The van der Waals surface area contributed by atoms with Crippen molar-refractivity contribution >= 4 is 28.5 Å². The van der Waals surface area contributed by atoms with Crippen LogP contribution in [-0.2, 0) is 0 Å². The summed E-state index contributed by atoms with van der Waals surface area (Å²) in [6.45, 7) is 2.33. The van der Waals surface area contributed by atoms with Crippen LogP contribution in [0.25, 0.3) is 0 Å². The molecule has 0 aliphatic carbocycles. The summed E-state index contributed by atoms with van der Waals surface area (Å²) in [5, 5.41) is 2.82. The molecule has 0 saturated heterocycles. The normalized spacial score (nSPS) is 10.2. The zero-order valence-electron chi connectivity index (χ0n) is 9.22. The van der Waals surface area contributed by atoms with Crippen LogP contribution in [0.15, 0.2) is 18.2 Å². The minimum Gasteiger partial charge on any atom is -0.352 e. The molecular weight excluding hydrogens is 320 g/mol. The number of aryl methyl sites for hydroxylation is 1. The Balaban J connectivity index is 2.50. The number of unbranched alkanes of at least 4 members (excludes halogenated alkanes) is 1. The average Bonchev–Trinajstić information content (AvgIpc) is 2.28. The summed E-state index contributed by atoms with van der Waals surface area (Å²) in [4.78, 5) is 11.6. The molecule has 0 aliphatic rings. The van der Waals surface area contributed by atoms with E-state index in [0.717, 1.165) is 17.3 Å². The van der Waals surface area contributed by atoms with E-state index in [-0.39, 0.29) is 11.7 Å². The lowest BCUT2D eigenvalue weighted by atomic mass is 10.1. The molecule has 1 N–H and O–H groups in total. The van der Waals surface area contributed by atoms with Gasteiger partial charge in [0.1, 0.15) is 5.82 Å². The highest BCUT2D eigenvalue weighted by atomic mass is 127. The van der Waals surface area contributed by atoms with E-state index in [4.69, 9.17) is 0 Å². The van der Waals surface area contributed by atoms with Gasteiger partial charge in [-0.3, -0.25) is 4.79 Å². The molecule has 16 heavy (non-hydrogen) atoms. The van der Waals surface area contributed by atoms with Crippen LogP contribution in [0.4, 0.5) is 4.39 Å². The molecule has 2 nitrogen and oxygen atoms in total. The number of rotatable bonds is 5. The van der Waals surface area contributed by atoms with E-state index in [0.29, 0.717) is 17.7 Å². The Hall–Kier alpha value is -0.650. The molecule has 88 valence electrons. The van der Waals surface area contributed by atoms with Gasteiger partial charge in [-0.2, -0.15) is 0 Å². The predicted octanol–water partition coefficient (Wildman–Crippen LogP) is 3.08. The van der Waals surface area contributed by atoms with E-state index in [2.05, 4.69) is 27.9 Å². The molecule has 0 fully saturated rings. The van der Waals surface area contributed by atoms with E-state index in [1.54, 1.807) is 13.0 Å². The molecule has 1 aromatic carbocycles. The van der Waals surface area contributed by atoms with E-state index in [1.807, 2.05) is 0 Å². The fourth-order valence-corrected chi connectivity index (χ4v) is 1.85. The number of amides is 1. The standard InChI is InChI=1S/C12H15FINO/c1-9-8-10(4-5-11(9)13)12(16)15-7-3-2-6-14/h4-5,8H,2-3,6-7H2,1H3,(H,15,16). The SMILES string of the molecule is Cc1cc(C(=O)NCCCCI)ccc1F. The fourth-order valence-electron chi connectivity index (χ4n) is 1.31. The van der Waals surface area contributed by atoms with Gasteiger partial charge in [0.05, 0.1) is 0 Å². The molecule has 0 heterocycles. The first-order valence-electron chi connectivity index (χ1n) is 5.25. The van der Waals surface area contributed by atoms with E-state index in [1.165, 1.54) is 12.1 Å². The van der Waals surface area contributed by atoms with Gasteiger partial charge in [-0.15, -0.1) is 0 Å². The first kappa shape index (κ1) is 13.4. The second-order valence-corrected chi connectivity index (χ2v) is 4.69. The van der Waals surface area contributed by atoms with Crippen molar-refractivity contribution in [3.8, 4) is 0 Å². The van der Waals surface area contributed by atoms with Crippen molar-refractivity contribution in [3.63, 3.8) is 0 Å². The number of nitrogens with one attached hydrogen (secondary N) is 1. The highest BCUT2D eigenvalue weighted by molar-refractivity contribution is 14.1. The van der Waals surface area contributed by atoms with E-state index in [9.17, 15) is 9.18 Å². The van der Waals surface area contributed by atoms with Crippen LogP contribution in [0.2, 0.25) is 0 Å². The molecule has 0 bridgehead atoms. The van der Waals surface area contributed by atoms with Crippen LogP contribution >= 0.6 is 22.6 Å². The number of carbonyl (C=O) groups excluding carboxylic acids is 1. The van der Waals surface area contributed by atoms with Gasteiger partial charge in [-0.1, -0.05) is 22.6 Å². The van der Waals surface area contributed by atoms with Crippen molar-refractivity contribution in [2.24, 2.45) is 0 Å². The molecule has 1 rings (SSSR count). The minimum absolute atomic E-state index is 0.128. The monoisotopic (exact) mass is 335 g/mol. The van der Waals surface area contributed by atoms with Crippen molar-refractivity contribution in [2.75, 3.05) is 11.0 Å². The molecule has 0 radical (unpaired) electrons. The molecule has 0 saturated carbocycles. The minimum atomic E-state index is -0.276. The van der Waals surface area contributed by atoms with Crippen molar-refractivity contribution in [3.05, 3.63) is 35.1 Å². The Morgan fingerprint density at radius 3 is 2.81 bits per heavy atom. The van der Waals surface area contributed by atoms with Gasteiger partial charge >= 0.3 is 0 Å². The number of carbonyl (C=O) groups is 1. The summed E-state index contributed by atoms with van der Waals surface area (Å²) >= 11 is 2.31. The maximum Gasteiger partial charge on any atom is 0.251 e. The van der Waals surface area contributed by atoms with Crippen molar-refractivity contribution < 1.29 is 9.18 Å². The van der Waals surface area contributed by atoms with Gasteiger partial charge in [0.15, 0.2) is 0 Å². The first-order chi connectivity index (χ1) is 7.65. The summed E-state index contributed by atoms with van der Waals surface area (Å²) in [5.41, 5.74) is 1.02. The third-order valence-corrected chi connectivity index (χ3v) is 3.03. The van der Waals surface area contributed by atoms with Crippen LogP contribution in [0.3, 0.4) is 0 Å². The van der Waals surface area contributed by atoms with E-state index < -0.39 is 0 Å². The third kappa shape index (κ3) is 4.08. The van der Waals surface area contributed by atoms with Gasteiger partial charge in [-0.05, 0) is 48.0 Å². The lowest BCUT2D eigenvalue weighted by Crippen LogP contribution is -2.24. The third-order valence-electron chi connectivity index (χ3n) is 2.27. The van der Waals surface area contributed by atoms with Crippen LogP contribution in [0.1, 0.15) is 28.8 Å². The van der Waals surface area contributed by atoms with Crippen molar-refractivity contribution in [1.29, 1.82) is 0 Å². The molecule has 0 aliphatic heterocycles. The molecule has 4 heteroatoms. The van der Waals surface area contributed by atoms with Crippen LogP contribution in [0, 0.1) is 12.7 Å².